The van der Waals surface area contributed by atoms with Crippen LogP contribution < -0.4 is 0 Å². The Morgan fingerprint density at radius 1 is 1.00 bits per heavy atom. The van der Waals surface area contributed by atoms with Crippen LogP contribution in [0.1, 0.15) is 0 Å². The standard InChI is InChI=1S/C6H6O.C3H8O3.2H2O.Ti/c7-6-4-2-1-3-5-6;1-5-3(4)6-2;;;/h1-5,7H;3-4H,1-2H3;2*1H2;/p-2. The fourth-order valence-corrected chi connectivity index (χ4v) is 0.524. The fourth-order valence-electron chi connectivity index (χ4n) is 0.524. The molecule has 0 saturated heterocycles. The molecule has 1 rings (SSSR count). The van der Waals surface area contributed by atoms with Crippen LogP contribution in [-0.4, -0.2) is 41.9 Å². The average molecular weight is 268 g/mol. The minimum Gasteiger partial charge on any atom is -0.870 e. The Morgan fingerprint density at radius 2 is 1.38 bits per heavy atom. The number of methoxy groups -OCH3 is 2. The summed E-state index contributed by atoms with van der Waals surface area (Å²) < 4.78 is 8.47. The van der Waals surface area contributed by atoms with Gasteiger partial charge < -0.3 is 30.6 Å². The summed E-state index contributed by atoms with van der Waals surface area (Å²) in [6, 6.07) is 8.71. The van der Waals surface area contributed by atoms with Crippen LogP contribution in [-0.2, 0) is 31.2 Å². The number of aromatic hydroxyl groups is 1. The third-order valence-electron chi connectivity index (χ3n) is 1.16. The molecular formula is C9H16O6Ti-2. The summed E-state index contributed by atoms with van der Waals surface area (Å²) in [6.45, 7) is -1.06. The van der Waals surface area contributed by atoms with E-state index in [0.29, 0.717) is 5.75 Å². The zero-order valence-electron chi connectivity index (χ0n) is 9.07. The number of rotatable bonds is 2. The molecule has 0 amide bonds. The molecule has 16 heavy (non-hydrogen) atoms. The summed E-state index contributed by atoms with van der Waals surface area (Å²) in [5.74, 6) is 0.322. The van der Waals surface area contributed by atoms with Gasteiger partial charge in [-0.3, -0.25) is 0 Å². The van der Waals surface area contributed by atoms with Crippen LogP contribution in [0.15, 0.2) is 30.3 Å². The normalized spacial score (nSPS) is 7.50. The first-order valence-electron chi connectivity index (χ1n) is 3.68. The molecule has 0 saturated carbocycles. The van der Waals surface area contributed by atoms with Crippen molar-refractivity contribution in [3.05, 3.63) is 30.3 Å². The molecule has 0 aliphatic carbocycles. The Morgan fingerprint density at radius 3 is 1.50 bits per heavy atom. The van der Waals surface area contributed by atoms with E-state index in [1.807, 2.05) is 6.07 Å². The quantitative estimate of drug-likeness (QED) is 0.598. The molecular weight excluding hydrogens is 252 g/mol. The first-order valence-corrected chi connectivity index (χ1v) is 3.68. The van der Waals surface area contributed by atoms with Crippen LogP contribution in [0.2, 0.25) is 0 Å². The molecule has 0 spiro atoms. The van der Waals surface area contributed by atoms with E-state index in [-0.39, 0.29) is 32.7 Å². The van der Waals surface area contributed by atoms with Crippen LogP contribution in [0, 0.1) is 0 Å². The van der Waals surface area contributed by atoms with E-state index in [2.05, 4.69) is 9.47 Å². The molecule has 7 heteroatoms. The van der Waals surface area contributed by atoms with Crippen molar-refractivity contribution < 1.29 is 52.4 Å². The second-order valence-corrected chi connectivity index (χ2v) is 2.11. The monoisotopic (exact) mass is 268 g/mol. The number of benzene rings is 1. The molecule has 6 nitrogen and oxygen atoms in total. The summed E-state index contributed by atoms with van der Waals surface area (Å²) >= 11 is 0. The fraction of sp³-hybridized carbons (Fsp3) is 0.333. The third-order valence-corrected chi connectivity index (χ3v) is 1.16. The molecule has 1 aromatic carbocycles. The number of hydrogen-bond acceptors (Lipinski definition) is 6. The van der Waals surface area contributed by atoms with E-state index in [4.69, 9.17) is 10.2 Å². The molecule has 0 aliphatic heterocycles. The van der Waals surface area contributed by atoms with Gasteiger partial charge in [0.1, 0.15) is 5.75 Å². The average Bonchev–Trinajstić information content (AvgIpc) is 2.19. The summed E-state index contributed by atoms with van der Waals surface area (Å²) in [4.78, 5) is 0. The number of ether oxygens (including phenoxy) is 2. The van der Waals surface area contributed by atoms with E-state index in [9.17, 15) is 0 Å². The minimum atomic E-state index is -1.06. The molecule has 4 N–H and O–H groups in total. The van der Waals surface area contributed by atoms with E-state index in [0.717, 1.165) is 0 Å². The van der Waals surface area contributed by atoms with Gasteiger partial charge in [-0.1, -0.05) is 18.2 Å². The molecule has 0 fully saturated rings. The van der Waals surface area contributed by atoms with Crippen molar-refractivity contribution in [2.45, 2.75) is 6.48 Å². The van der Waals surface area contributed by atoms with Crippen LogP contribution >= 0.6 is 0 Å². The molecule has 1 aromatic rings. The SMILES string of the molecule is COC(O)OC.Oc1ccccc1.[OH-].[OH-].[Ti]. The number of hydrogen-bond donors (Lipinski definition) is 2. The minimum absolute atomic E-state index is 0. The molecule has 0 unspecified atom stereocenters. The Kier molecular flexibility index (Phi) is 26.1. The van der Waals surface area contributed by atoms with Gasteiger partial charge in [-0.15, -0.1) is 0 Å². The predicted octanol–water partition coefficient (Wildman–Crippen LogP) is 0.591. The number of phenolic OH excluding ortho intramolecular Hbond substituents is 1. The maximum atomic E-state index is 8.63. The van der Waals surface area contributed by atoms with Gasteiger partial charge in [0.25, 0.3) is 6.48 Å². The van der Waals surface area contributed by atoms with Crippen molar-refractivity contribution in [1.29, 1.82) is 0 Å². The number of aliphatic hydroxyl groups excluding tert-OH is 1. The summed E-state index contributed by atoms with van der Waals surface area (Å²) in [6.07, 6.45) is 0. The zero-order valence-corrected chi connectivity index (χ0v) is 10.6. The molecule has 94 valence electrons. The van der Waals surface area contributed by atoms with Crippen molar-refractivity contribution in [2.75, 3.05) is 14.2 Å². The van der Waals surface area contributed by atoms with E-state index >= 15 is 0 Å². The summed E-state index contributed by atoms with van der Waals surface area (Å²) in [5.41, 5.74) is 0. The van der Waals surface area contributed by atoms with Crippen LogP contribution in [0.3, 0.4) is 0 Å². The summed E-state index contributed by atoms with van der Waals surface area (Å²) in [5, 5.41) is 16.9. The second-order valence-electron chi connectivity index (χ2n) is 2.11. The largest absolute Gasteiger partial charge is 0.870 e. The Labute approximate surface area is 109 Å². The van der Waals surface area contributed by atoms with Crippen molar-refractivity contribution in [3.63, 3.8) is 0 Å². The second kappa shape index (κ2) is 16.9. The van der Waals surface area contributed by atoms with Crippen molar-refractivity contribution in [2.24, 2.45) is 0 Å². The number of para-hydroxylation sites is 1. The number of phenols is 1. The Hall–Kier alpha value is -0.466. The van der Waals surface area contributed by atoms with Crippen molar-refractivity contribution >= 4 is 0 Å². The predicted molar refractivity (Wildman–Crippen MR) is 52.0 cm³/mol. The van der Waals surface area contributed by atoms with Crippen LogP contribution in [0.25, 0.3) is 0 Å². The van der Waals surface area contributed by atoms with Gasteiger partial charge in [-0.05, 0) is 12.1 Å². The Bertz CT molecular complexity index is 204. The number of aliphatic hydroxyl groups is 1. The third kappa shape index (κ3) is 16.0. The molecule has 0 heterocycles. The maximum Gasteiger partial charge on any atom is 0.268 e. The molecule has 0 radical (unpaired) electrons. The molecule has 0 atom stereocenters. The molecule has 0 aliphatic rings. The van der Waals surface area contributed by atoms with Gasteiger partial charge >= 0.3 is 0 Å². The van der Waals surface area contributed by atoms with Crippen molar-refractivity contribution in [1.82, 2.24) is 0 Å². The maximum absolute atomic E-state index is 8.63. The zero-order chi connectivity index (χ0) is 10.1. The topological polar surface area (TPSA) is 119 Å². The van der Waals surface area contributed by atoms with Gasteiger partial charge in [0, 0.05) is 35.9 Å². The molecule has 0 bridgehead atoms. The smallest absolute Gasteiger partial charge is 0.268 e. The Balaban J connectivity index is -0.0000000767. The van der Waals surface area contributed by atoms with Crippen LogP contribution in [0.5, 0.6) is 5.75 Å². The van der Waals surface area contributed by atoms with E-state index in [1.54, 1.807) is 24.3 Å². The van der Waals surface area contributed by atoms with Gasteiger partial charge in [0.05, 0.1) is 0 Å². The van der Waals surface area contributed by atoms with Gasteiger partial charge in [0.15, 0.2) is 0 Å². The van der Waals surface area contributed by atoms with Crippen molar-refractivity contribution in [3.8, 4) is 5.75 Å². The van der Waals surface area contributed by atoms with E-state index < -0.39 is 6.48 Å². The summed E-state index contributed by atoms with van der Waals surface area (Å²) in [7, 11) is 2.71. The van der Waals surface area contributed by atoms with Gasteiger partial charge in [0.2, 0.25) is 0 Å². The van der Waals surface area contributed by atoms with Crippen LogP contribution in [0.4, 0.5) is 0 Å². The van der Waals surface area contributed by atoms with Gasteiger partial charge in [-0.25, -0.2) is 0 Å². The van der Waals surface area contributed by atoms with Gasteiger partial charge in [-0.2, -0.15) is 0 Å². The first-order chi connectivity index (χ1) is 6.20. The molecule has 0 aromatic heterocycles. The van der Waals surface area contributed by atoms with E-state index in [1.165, 1.54) is 14.2 Å². The first kappa shape index (κ1) is 24.7.